The van der Waals surface area contributed by atoms with Crippen molar-refractivity contribution in [1.29, 1.82) is 0 Å². The summed E-state index contributed by atoms with van der Waals surface area (Å²) in [4.78, 5) is 13.4. The molecular formula is C13H25NO3. The number of ether oxygens (including phenoxy) is 1. The fraction of sp³-hybridized carbons (Fsp3) is 0.923. The lowest BCUT2D eigenvalue weighted by atomic mass is 10.1. The average molecular weight is 243 g/mol. The van der Waals surface area contributed by atoms with E-state index in [1.165, 1.54) is 25.7 Å². The first-order valence-corrected chi connectivity index (χ1v) is 6.73. The highest BCUT2D eigenvalue weighted by atomic mass is 16.5. The molecule has 0 aromatic rings. The zero-order valence-corrected chi connectivity index (χ0v) is 11.0. The second-order valence-electron chi connectivity index (χ2n) is 4.81. The van der Waals surface area contributed by atoms with Gasteiger partial charge in [0, 0.05) is 19.2 Å². The van der Waals surface area contributed by atoms with Crippen LogP contribution in [0.2, 0.25) is 0 Å². The Hall–Kier alpha value is -0.610. The summed E-state index contributed by atoms with van der Waals surface area (Å²) in [6, 6.07) is 0.577. The van der Waals surface area contributed by atoms with Crippen LogP contribution in [0.1, 0.15) is 46.0 Å². The Labute approximate surface area is 104 Å². The zero-order chi connectivity index (χ0) is 12.7. The fourth-order valence-corrected chi connectivity index (χ4v) is 2.43. The highest BCUT2D eigenvalue weighted by molar-refractivity contribution is 5.72. The minimum absolute atomic E-state index is 0.465. The Balaban J connectivity index is 2.38. The molecule has 0 bridgehead atoms. The molecule has 0 aromatic carbocycles. The van der Waals surface area contributed by atoms with E-state index in [1.54, 1.807) is 0 Å². The molecule has 2 atom stereocenters. The van der Waals surface area contributed by atoms with E-state index in [1.807, 2.05) is 6.92 Å². The summed E-state index contributed by atoms with van der Waals surface area (Å²) in [6.45, 7) is 6.47. The smallest absolute Gasteiger partial charge is 0.332 e. The van der Waals surface area contributed by atoms with E-state index in [-0.39, 0.29) is 0 Å². The van der Waals surface area contributed by atoms with E-state index >= 15 is 0 Å². The third kappa shape index (κ3) is 5.04. The van der Waals surface area contributed by atoms with Gasteiger partial charge >= 0.3 is 5.97 Å². The van der Waals surface area contributed by atoms with Gasteiger partial charge in [0.2, 0.25) is 0 Å². The summed E-state index contributed by atoms with van der Waals surface area (Å²) < 4.78 is 5.23. The van der Waals surface area contributed by atoms with Crippen molar-refractivity contribution >= 4 is 5.97 Å². The summed E-state index contributed by atoms with van der Waals surface area (Å²) in [7, 11) is 0. The molecule has 1 heterocycles. The predicted octanol–water partition coefficient (Wildman–Crippen LogP) is 2.13. The Kier molecular flexibility index (Phi) is 6.52. The van der Waals surface area contributed by atoms with Crippen LogP contribution in [0.15, 0.2) is 0 Å². The van der Waals surface area contributed by atoms with E-state index in [0.29, 0.717) is 19.1 Å². The molecule has 1 aliphatic rings. The number of carbonyl (C=O) groups is 1. The van der Waals surface area contributed by atoms with E-state index in [4.69, 9.17) is 9.84 Å². The van der Waals surface area contributed by atoms with Crippen molar-refractivity contribution in [1.82, 2.24) is 4.90 Å². The summed E-state index contributed by atoms with van der Waals surface area (Å²) in [5, 5.41) is 9.01. The first kappa shape index (κ1) is 14.5. The number of nitrogens with zero attached hydrogens (tertiary/aromatic N) is 1. The molecule has 17 heavy (non-hydrogen) atoms. The van der Waals surface area contributed by atoms with E-state index in [2.05, 4.69) is 11.8 Å². The maximum absolute atomic E-state index is 11.0. The zero-order valence-electron chi connectivity index (χ0n) is 11.0. The molecule has 0 aliphatic carbocycles. The minimum Gasteiger partial charge on any atom is -0.479 e. The molecule has 1 saturated heterocycles. The van der Waals surface area contributed by atoms with Crippen molar-refractivity contribution in [3.63, 3.8) is 0 Å². The van der Waals surface area contributed by atoms with Gasteiger partial charge in [-0.3, -0.25) is 0 Å². The number of hydrogen-bond donors (Lipinski definition) is 1. The van der Waals surface area contributed by atoms with Crippen LogP contribution in [0.3, 0.4) is 0 Å². The first-order valence-electron chi connectivity index (χ1n) is 6.73. The maximum Gasteiger partial charge on any atom is 0.332 e. The first-order chi connectivity index (χ1) is 8.15. The summed E-state index contributed by atoms with van der Waals surface area (Å²) in [5.74, 6) is -0.839. The van der Waals surface area contributed by atoms with Crippen LogP contribution in [-0.2, 0) is 9.53 Å². The number of likely N-dealkylation sites (tertiary alicyclic amines) is 1. The quantitative estimate of drug-likeness (QED) is 0.776. The molecule has 0 aromatic heterocycles. The lowest BCUT2D eigenvalue weighted by molar-refractivity contribution is -0.150. The standard InChI is InChI=1S/C13H25NO3/c1-3-17-12(13(15)16)8-10-14-9-6-4-5-7-11(14)2/h11-12H,3-10H2,1-2H3,(H,15,16). The highest BCUT2D eigenvalue weighted by Gasteiger charge is 2.21. The highest BCUT2D eigenvalue weighted by Crippen LogP contribution is 2.17. The number of hydrogen-bond acceptors (Lipinski definition) is 3. The van der Waals surface area contributed by atoms with Gasteiger partial charge in [0.25, 0.3) is 0 Å². The van der Waals surface area contributed by atoms with Crippen molar-refractivity contribution in [2.45, 2.75) is 58.1 Å². The Morgan fingerprint density at radius 2 is 2.24 bits per heavy atom. The van der Waals surface area contributed by atoms with Gasteiger partial charge in [-0.15, -0.1) is 0 Å². The van der Waals surface area contributed by atoms with E-state index in [0.717, 1.165) is 13.1 Å². The topological polar surface area (TPSA) is 49.8 Å². The van der Waals surface area contributed by atoms with Crippen molar-refractivity contribution in [2.75, 3.05) is 19.7 Å². The Morgan fingerprint density at radius 1 is 1.47 bits per heavy atom. The molecule has 0 amide bonds. The predicted molar refractivity (Wildman–Crippen MR) is 67.2 cm³/mol. The Morgan fingerprint density at radius 3 is 2.88 bits per heavy atom. The van der Waals surface area contributed by atoms with Crippen LogP contribution < -0.4 is 0 Å². The lowest BCUT2D eigenvalue weighted by Crippen LogP contribution is -2.37. The van der Waals surface area contributed by atoms with Crippen molar-refractivity contribution < 1.29 is 14.6 Å². The number of rotatable bonds is 6. The van der Waals surface area contributed by atoms with Crippen molar-refractivity contribution in [3.05, 3.63) is 0 Å². The summed E-state index contributed by atoms with van der Waals surface area (Å²) >= 11 is 0. The monoisotopic (exact) mass is 243 g/mol. The molecule has 4 heteroatoms. The van der Waals surface area contributed by atoms with E-state index in [9.17, 15) is 4.79 Å². The van der Waals surface area contributed by atoms with Gasteiger partial charge in [-0.1, -0.05) is 12.8 Å². The van der Waals surface area contributed by atoms with Gasteiger partial charge in [-0.05, 0) is 39.7 Å². The van der Waals surface area contributed by atoms with Crippen LogP contribution in [0.25, 0.3) is 0 Å². The van der Waals surface area contributed by atoms with Crippen LogP contribution in [-0.4, -0.2) is 47.8 Å². The maximum atomic E-state index is 11.0. The molecule has 0 radical (unpaired) electrons. The summed E-state index contributed by atoms with van der Waals surface area (Å²) in [6.07, 6.45) is 5.01. The normalized spacial score (nSPS) is 24.2. The molecule has 1 fully saturated rings. The van der Waals surface area contributed by atoms with E-state index < -0.39 is 12.1 Å². The molecule has 1 N–H and O–H groups in total. The molecule has 2 unspecified atom stereocenters. The summed E-state index contributed by atoms with van der Waals surface area (Å²) in [5.41, 5.74) is 0. The SMILES string of the molecule is CCOC(CCN1CCCCCC1C)C(=O)O. The number of aliphatic carboxylic acids is 1. The third-order valence-corrected chi connectivity index (χ3v) is 3.51. The molecular weight excluding hydrogens is 218 g/mol. The molecule has 4 nitrogen and oxygen atoms in total. The van der Waals surface area contributed by atoms with Crippen LogP contribution in [0.5, 0.6) is 0 Å². The van der Waals surface area contributed by atoms with Gasteiger partial charge < -0.3 is 14.7 Å². The lowest BCUT2D eigenvalue weighted by Gasteiger charge is -2.27. The van der Waals surface area contributed by atoms with Gasteiger partial charge in [0.1, 0.15) is 0 Å². The van der Waals surface area contributed by atoms with Crippen LogP contribution in [0, 0.1) is 0 Å². The number of carboxylic acid groups (broad SMARTS) is 1. The number of carboxylic acids is 1. The molecule has 1 aliphatic heterocycles. The third-order valence-electron chi connectivity index (χ3n) is 3.51. The second-order valence-corrected chi connectivity index (χ2v) is 4.81. The largest absolute Gasteiger partial charge is 0.479 e. The van der Waals surface area contributed by atoms with Crippen LogP contribution >= 0.6 is 0 Å². The molecule has 1 rings (SSSR count). The Bertz CT molecular complexity index is 233. The minimum atomic E-state index is -0.839. The van der Waals surface area contributed by atoms with Gasteiger partial charge in [-0.25, -0.2) is 4.79 Å². The van der Waals surface area contributed by atoms with Crippen LogP contribution in [0.4, 0.5) is 0 Å². The fourth-order valence-electron chi connectivity index (χ4n) is 2.43. The van der Waals surface area contributed by atoms with Gasteiger partial charge in [0.05, 0.1) is 0 Å². The molecule has 100 valence electrons. The van der Waals surface area contributed by atoms with Crippen molar-refractivity contribution in [2.24, 2.45) is 0 Å². The van der Waals surface area contributed by atoms with Crippen molar-refractivity contribution in [3.8, 4) is 0 Å². The second kappa shape index (κ2) is 7.67. The average Bonchev–Trinajstić information content (AvgIpc) is 2.49. The van der Waals surface area contributed by atoms with Gasteiger partial charge in [0.15, 0.2) is 6.10 Å². The van der Waals surface area contributed by atoms with Gasteiger partial charge in [-0.2, -0.15) is 0 Å². The molecule has 0 saturated carbocycles. The molecule has 0 spiro atoms.